The van der Waals surface area contributed by atoms with E-state index in [9.17, 15) is 0 Å². The summed E-state index contributed by atoms with van der Waals surface area (Å²) in [4.78, 5) is 4.66. The van der Waals surface area contributed by atoms with E-state index in [1.807, 2.05) is 35.6 Å². The Balaban J connectivity index is 1.87. The van der Waals surface area contributed by atoms with Gasteiger partial charge in [0.1, 0.15) is 24.9 Å². The van der Waals surface area contributed by atoms with Crippen LogP contribution in [-0.4, -0.2) is 22.6 Å². The number of hydrogen-bond acceptors (Lipinski definition) is 4. The van der Waals surface area contributed by atoms with Crippen molar-refractivity contribution in [3.05, 3.63) is 47.8 Å². The number of fused-ring (bicyclic) bond motifs is 2. The number of hydrogen-bond donors (Lipinski definition) is 0. The molecule has 1 aliphatic heterocycles. The second kappa shape index (κ2) is 4.78. The van der Waals surface area contributed by atoms with Crippen molar-refractivity contribution in [1.82, 2.24) is 9.38 Å². The average Bonchev–Trinajstić information content (AvgIpc) is 2.90. The molecular weight excluding hydrogens is 278 g/mol. The summed E-state index contributed by atoms with van der Waals surface area (Å²) in [6, 6.07) is 11.6. The van der Waals surface area contributed by atoms with Gasteiger partial charge in [0.15, 0.2) is 11.5 Å². The van der Waals surface area contributed by atoms with Crippen LogP contribution in [0.15, 0.2) is 36.5 Å². The highest BCUT2D eigenvalue weighted by atomic mass is 16.6. The zero-order chi connectivity index (χ0) is 15.1. The Morgan fingerprint density at radius 3 is 2.77 bits per heavy atom. The van der Waals surface area contributed by atoms with Gasteiger partial charge < -0.3 is 13.9 Å². The third-order valence-corrected chi connectivity index (χ3v) is 3.80. The number of imidazole rings is 1. The Labute approximate surface area is 127 Å². The van der Waals surface area contributed by atoms with E-state index in [1.54, 1.807) is 12.3 Å². The second-order valence-corrected chi connectivity index (χ2v) is 5.16. The van der Waals surface area contributed by atoms with E-state index in [-0.39, 0.29) is 0 Å². The molecule has 22 heavy (non-hydrogen) atoms. The Hall–Kier alpha value is -3.00. The van der Waals surface area contributed by atoms with Gasteiger partial charge in [-0.3, -0.25) is 0 Å². The van der Waals surface area contributed by atoms with Gasteiger partial charge in [-0.05, 0) is 37.3 Å². The number of nitriles is 1. The second-order valence-electron chi connectivity index (χ2n) is 5.16. The zero-order valence-electron chi connectivity index (χ0n) is 12.0. The lowest BCUT2D eigenvalue weighted by molar-refractivity contribution is 0.171. The van der Waals surface area contributed by atoms with Gasteiger partial charge >= 0.3 is 0 Å². The number of ether oxygens (including phenoxy) is 2. The van der Waals surface area contributed by atoms with Crippen molar-refractivity contribution in [2.75, 3.05) is 13.2 Å². The lowest BCUT2D eigenvalue weighted by Crippen LogP contribution is -2.15. The highest BCUT2D eigenvalue weighted by Crippen LogP contribution is 2.35. The van der Waals surface area contributed by atoms with Crippen LogP contribution in [0.1, 0.15) is 11.3 Å². The van der Waals surface area contributed by atoms with Gasteiger partial charge in [-0.25, -0.2) is 4.98 Å². The third kappa shape index (κ3) is 1.89. The first-order valence-corrected chi connectivity index (χ1v) is 7.05. The van der Waals surface area contributed by atoms with Gasteiger partial charge in [-0.2, -0.15) is 5.26 Å². The molecule has 0 saturated carbocycles. The van der Waals surface area contributed by atoms with Crippen molar-refractivity contribution in [3.63, 3.8) is 0 Å². The van der Waals surface area contributed by atoms with Crippen molar-refractivity contribution in [3.8, 4) is 28.8 Å². The van der Waals surface area contributed by atoms with E-state index < -0.39 is 0 Å². The summed E-state index contributed by atoms with van der Waals surface area (Å²) < 4.78 is 13.1. The van der Waals surface area contributed by atoms with Gasteiger partial charge in [0.05, 0.1) is 11.3 Å². The summed E-state index contributed by atoms with van der Waals surface area (Å²) in [7, 11) is 0. The van der Waals surface area contributed by atoms with Crippen molar-refractivity contribution in [1.29, 1.82) is 5.26 Å². The maximum absolute atomic E-state index is 9.03. The van der Waals surface area contributed by atoms with Crippen LogP contribution >= 0.6 is 0 Å². The normalized spacial score (nSPS) is 13.1. The van der Waals surface area contributed by atoms with Crippen LogP contribution in [0, 0.1) is 18.3 Å². The summed E-state index contributed by atoms with van der Waals surface area (Å²) in [5.41, 5.74) is 4.28. The predicted molar refractivity (Wildman–Crippen MR) is 81.1 cm³/mol. The van der Waals surface area contributed by atoms with Crippen molar-refractivity contribution < 1.29 is 9.47 Å². The molecule has 0 spiro atoms. The highest BCUT2D eigenvalue weighted by molar-refractivity contribution is 5.69. The fraction of sp³-hybridized carbons (Fsp3) is 0.176. The molecule has 0 unspecified atom stereocenters. The van der Waals surface area contributed by atoms with Crippen LogP contribution in [0.5, 0.6) is 11.5 Å². The molecule has 0 radical (unpaired) electrons. The van der Waals surface area contributed by atoms with Crippen molar-refractivity contribution in [2.24, 2.45) is 0 Å². The van der Waals surface area contributed by atoms with Gasteiger partial charge in [-0.15, -0.1) is 0 Å². The monoisotopic (exact) mass is 291 g/mol. The molecule has 2 aromatic heterocycles. The molecule has 0 bridgehead atoms. The molecule has 5 heteroatoms. The fourth-order valence-electron chi connectivity index (χ4n) is 2.69. The lowest BCUT2D eigenvalue weighted by atomic mass is 10.1. The number of aromatic nitrogens is 2. The van der Waals surface area contributed by atoms with Crippen LogP contribution in [0.4, 0.5) is 0 Å². The minimum absolute atomic E-state index is 0.562. The average molecular weight is 291 g/mol. The third-order valence-electron chi connectivity index (χ3n) is 3.80. The first-order valence-electron chi connectivity index (χ1n) is 7.05. The Morgan fingerprint density at radius 2 is 1.95 bits per heavy atom. The maximum Gasteiger partial charge on any atom is 0.162 e. The Kier molecular flexibility index (Phi) is 2.76. The largest absolute Gasteiger partial charge is 0.486 e. The van der Waals surface area contributed by atoms with Crippen LogP contribution in [0.25, 0.3) is 16.9 Å². The number of pyridine rings is 1. The Bertz CT molecular complexity index is 922. The molecule has 0 atom stereocenters. The summed E-state index contributed by atoms with van der Waals surface area (Å²) in [6.45, 7) is 3.14. The van der Waals surface area contributed by atoms with E-state index in [1.165, 1.54) is 0 Å². The summed E-state index contributed by atoms with van der Waals surface area (Å²) in [5.74, 6) is 1.51. The molecule has 3 heterocycles. The van der Waals surface area contributed by atoms with E-state index in [0.717, 1.165) is 34.1 Å². The summed E-state index contributed by atoms with van der Waals surface area (Å²) in [5, 5.41) is 9.03. The molecule has 3 aromatic rings. The van der Waals surface area contributed by atoms with Crippen molar-refractivity contribution in [2.45, 2.75) is 6.92 Å². The van der Waals surface area contributed by atoms with Crippen LogP contribution in [0.3, 0.4) is 0 Å². The first-order chi connectivity index (χ1) is 10.8. The lowest BCUT2D eigenvalue weighted by Gasteiger charge is -2.18. The van der Waals surface area contributed by atoms with Gasteiger partial charge in [0.2, 0.25) is 0 Å². The highest BCUT2D eigenvalue weighted by Gasteiger charge is 2.16. The standard InChI is InChI=1S/C17H13N3O2/c1-11-17(19-16-5-2-12(9-18)10-20(11)16)13-3-4-14-15(8-13)22-7-6-21-14/h2-5,8,10H,6-7H2,1H3. The van der Waals surface area contributed by atoms with Gasteiger partial charge in [-0.1, -0.05) is 0 Å². The molecule has 1 aliphatic rings. The molecule has 108 valence electrons. The number of aryl methyl sites for hydroxylation is 1. The molecule has 0 aliphatic carbocycles. The minimum atomic E-state index is 0.562. The number of rotatable bonds is 1. The van der Waals surface area contributed by atoms with Crippen LogP contribution < -0.4 is 9.47 Å². The molecule has 0 N–H and O–H groups in total. The van der Waals surface area contributed by atoms with Crippen LogP contribution in [-0.2, 0) is 0 Å². The molecule has 5 nitrogen and oxygen atoms in total. The minimum Gasteiger partial charge on any atom is -0.486 e. The van der Waals surface area contributed by atoms with Gasteiger partial charge in [0, 0.05) is 17.5 Å². The smallest absolute Gasteiger partial charge is 0.162 e. The number of nitrogens with zero attached hydrogens (tertiary/aromatic N) is 3. The maximum atomic E-state index is 9.03. The Morgan fingerprint density at radius 1 is 1.14 bits per heavy atom. The number of benzene rings is 1. The van der Waals surface area contributed by atoms with E-state index >= 15 is 0 Å². The summed E-state index contributed by atoms with van der Waals surface area (Å²) >= 11 is 0. The molecule has 4 rings (SSSR count). The molecule has 1 aromatic carbocycles. The van der Waals surface area contributed by atoms with Crippen molar-refractivity contribution >= 4 is 5.65 Å². The molecular formula is C17H13N3O2. The first kappa shape index (κ1) is 12.7. The SMILES string of the molecule is Cc1c(-c2ccc3c(c2)OCCO3)nc2ccc(C#N)cn12. The topological polar surface area (TPSA) is 59.5 Å². The quantitative estimate of drug-likeness (QED) is 0.691. The van der Waals surface area contributed by atoms with E-state index in [2.05, 4.69) is 11.1 Å². The van der Waals surface area contributed by atoms with Gasteiger partial charge in [0.25, 0.3) is 0 Å². The predicted octanol–water partition coefficient (Wildman–Crippen LogP) is 2.95. The van der Waals surface area contributed by atoms with E-state index in [0.29, 0.717) is 18.8 Å². The van der Waals surface area contributed by atoms with Crippen LogP contribution in [0.2, 0.25) is 0 Å². The molecule has 0 fully saturated rings. The zero-order valence-corrected chi connectivity index (χ0v) is 12.0. The van der Waals surface area contributed by atoms with E-state index in [4.69, 9.17) is 14.7 Å². The molecule has 0 saturated heterocycles. The summed E-state index contributed by atoms with van der Waals surface area (Å²) in [6.07, 6.45) is 1.80. The fourth-order valence-corrected chi connectivity index (χ4v) is 2.69. The molecule has 0 amide bonds.